The van der Waals surface area contributed by atoms with E-state index in [0.717, 1.165) is 27.8 Å². The molecule has 106 valence electrons. The van der Waals surface area contributed by atoms with Crippen LogP contribution in [-0.4, -0.2) is 27.8 Å². The van der Waals surface area contributed by atoms with E-state index in [1.165, 1.54) is 0 Å². The molecule has 0 unspecified atom stereocenters. The Kier molecular flexibility index (Phi) is 3.83. The van der Waals surface area contributed by atoms with Gasteiger partial charge >= 0.3 is 0 Å². The van der Waals surface area contributed by atoms with Gasteiger partial charge in [0.1, 0.15) is 5.75 Å². The molecule has 0 aliphatic heterocycles. The van der Waals surface area contributed by atoms with Crippen LogP contribution in [0.2, 0.25) is 0 Å². The van der Waals surface area contributed by atoms with E-state index in [9.17, 15) is 15.3 Å². The summed E-state index contributed by atoms with van der Waals surface area (Å²) in [5, 5.41) is 30.4. The van der Waals surface area contributed by atoms with Crippen molar-refractivity contribution < 1.29 is 15.3 Å². The predicted octanol–water partition coefficient (Wildman–Crippen LogP) is 2.38. The van der Waals surface area contributed by atoms with Crippen molar-refractivity contribution in [2.75, 3.05) is 12.5 Å². The number of aliphatic hydroxyl groups is 2. The van der Waals surface area contributed by atoms with Crippen LogP contribution in [0.25, 0.3) is 0 Å². The normalized spacial score (nSPS) is 25.7. The van der Waals surface area contributed by atoms with E-state index in [4.69, 9.17) is 11.6 Å². The van der Waals surface area contributed by atoms with Gasteiger partial charge in [0.15, 0.2) is 0 Å². The van der Waals surface area contributed by atoms with Crippen LogP contribution in [0, 0.1) is 19.3 Å². The quantitative estimate of drug-likeness (QED) is 0.747. The molecule has 0 radical (unpaired) electrons. The summed E-state index contributed by atoms with van der Waals surface area (Å²) >= 11 is 5.82. The van der Waals surface area contributed by atoms with Crippen LogP contribution in [0.1, 0.15) is 40.8 Å². The second kappa shape index (κ2) is 4.97. The lowest BCUT2D eigenvalue weighted by atomic mass is 9.85. The zero-order valence-corrected chi connectivity index (χ0v) is 12.4. The highest BCUT2D eigenvalue weighted by molar-refractivity contribution is 6.18. The lowest BCUT2D eigenvalue weighted by Gasteiger charge is -2.26. The van der Waals surface area contributed by atoms with Gasteiger partial charge in [0, 0.05) is 16.9 Å². The fourth-order valence-electron chi connectivity index (χ4n) is 3.18. The summed E-state index contributed by atoms with van der Waals surface area (Å²) in [6.45, 7) is 5.57. The van der Waals surface area contributed by atoms with Crippen molar-refractivity contribution in [2.45, 2.75) is 39.7 Å². The molecule has 0 saturated carbocycles. The number of benzene rings is 1. The highest BCUT2D eigenvalue weighted by Crippen LogP contribution is 2.51. The minimum Gasteiger partial charge on any atom is -0.507 e. The van der Waals surface area contributed by atoms with E-state index < -0.39 is 11.5 Å². The molecule has 1 aliphatic carbocycles. The number of aromatic hydroxyl groups is 1. The van der Waals surface area contributed by atoms with Crippen molar-refractivity contribution in [1.29, 1.82) is 0 Å². The van der Waals surface area contributed by atoms with Gasteiger partial charge in [-0.25, -0.2) is 0 Å². The molecule has 4 heteroatoms. The zero-order chi connectivity index (χ0) is 14.4. The van der Waals surface area contributed by atoms with Crippen LogP contribution in [0.5, 0.6) is 5.75 Å². The topological polar surface area (TPSA) is 60.7 Å². The summed E-state index contributed by atoms with van der Waals surface area (Å²) in [7, 11) is 0. The van der Waals surface area contributed by atoms with Gasteiger partial charge in [0.05, 0.1) is 12.7 Å². The molecule has 1 aromatic rings. The van der Waals surface area contributed by atoms with Crippen molar-refractivity contribution in [3.63, 3.8) is 0 Å². The summed E-state index contributed by atoms with van der Waals surface area (Å²) in [4.78, 5) is 0. The van der Waals surface area contributed by atoms with E-state index in [1.54, 1.807) is 0 Å². The fourth-order valence-corrected chi connectivity index (χ4v) is 3.37. The molecule has 19 heavy (non-hydrogen) atoms. The molecule has 0 aromatic heterocycles. The third kappa shape index (κ3) is 2.04. The molecular weight excluding hydrogens is 264 g/mol. The van der Waals surface area contributed by atoms with E-state index in [1.807, 2.05) is 20.8 Å². The Morgan fingerprint density at radius 1 is 1.32 bits per heavy atom. The van der Waals surface area contributed by atoms with Crippen LogP contribution in [0.4, 0.5) is 0 Å². The van der Waals surface area contributed by atoms with Crippen LogP contribution < -0.4 is 0 Å². The third-order valence-corrected chi connectivity index (χ3v) is 4.68. The van der Waals surface area contributed by atoms with Gasteiger partial charge in [-0.15, -0.1) is 11.6 Å². The number of fused-ring (bicyclic) bond motifs is 1. The Morgan fingerprint density at radius 2 is 1.95 bits per heavy atom. The molecule has 0 spiro atoms. The van der Waals surface area contributed by atoms with Crippen molar-refractivity contribution in [3.05, 3.63) is 27.8 Å². The fraction of sp³-hybridized carbons (Fsp3) is 0.600. The van der Waals surface area contributed by atoms with Gasteiger partial charge < -0.3 is 15.3 Å². The summed E-state index contributed by atoms with van der Waals surface area (Å²) in [6.07, 6.45) is 0.421. The molecule has 2 atom stereocenters. The van der Waals surface area contributed by atoms with Crippen molar-refractivity contribution in [3.8, 4) is 5.75 Å². The van der Waals surface area contributed by atoms with E-state index in [2.05, 4.69) is 0 Å². The van der Waals surface area contributed by atoms with Crippen LogP contribution in [-0.2, 0) is 12.8 Å². The smallest absolute Gasteiger partial charge is 0.122 e. The summed E-state index contributed by atoms with van der Waals surface area (Å²) in [5.41, 5.74) is 3.78. The molecule has 2 rings (SSSR count). The highest BCUT2D eigenvalue weighted by Gasteiger charge is 2.44. The Morgan fingerprint density at radius 3 is 2.47 bits per heavy atom. The molecule has 3 nitrogen and oxygen atoms in total. The molecule has 1 aliphatic rings. The lowest BCUT2D eigenvalue weighted by molar-refractivity contribution is 0.00749. The first kappa shape index (κ1) is 14.6. The molecule has 3 N–H and O–H groups in total. The van der Waals surface area contributed by atoms with Crippen molar-refractivity contribution in [1.82, 2.24) is 0 Å². The van der Waals surface area contributed by atoms with Gasteiger partial charge in [0.25, 0.3) is 0 Å². The molecule has 0 heterocycles. The summed E-state index contributed by atoms with van der Waals surface area (Å²) in [5.74, 6) is 0.727. The highest BCUT2D eigenvalue weighted by atomic mass is 35.5. The number of alkyl halides is 1. The number of hydrogen-bond acceptors (Lipinski definition) is 3. The Labute approximate surface area is 118 Å². The predicted molar refractivity (Wildman–Crippen MR) is 75.9 cm³/mol. The number of halogens is 1. The van der Waals surface area contributed by atoms with Gasteiger partial charge in [-0.3, -0.25) is 0 Å². The maximum atomic E-state index is 10.5. The SMILES string of the molecule is Cc1c(O)c2c(c(C)c1CCCl)[C@@H](O)[C@@](C)(CO)C2. The Bertz CT molecular complexity index is 513. The Balaban J connectivity index is 2.66. The average Bonchev–Trinajstić information content (AvgIpc) is 2.66. The Hall–Kier alpha value is -0.770. The number of hydrogen-bond donors (Lipinski definition) is 3. The third-order valence-electron chi connectivity index (χ3n) is 4.50. The monoisotopic (exact) mass is 284 g/mol. The first-order valence-electron chi connectivity index (χ1n) is 6.56. The maximum Gasteiger partial charge on any atom is 0.122 e. The minimum absolute atomic E-state index is 0.106. The van der Waals surface area contributed by atoms with Gasteiger partial charge in [-0.1, -0.05) is 6.92 Å². The standard InChI is InChI=1S/C15H21ClO3/c1-8-10(4-5-16)9(2)13(18)11-6-15(3,7-17)14(19)12(8)11/h14,17-19H,4-7H2,1-3H3/t14-,15-/m1/s1. The summed E-state index contributed by atoms with van der Waals surface area (Å²) in [6, 6.07) is 0. The molecule has 0 fully saturated rings. The zero-order valence-electron chi connectivity index (χ0n) is 11.6. The molecule has 0 amide bonds. The van der Waals surface area contributed by atoms with Crippen LogP contribution in [0.3, 0.4) is 0 Å². The first-order chi connectivity index (χ1) is 8.87. The van der Waals surface area contributed by atoms with E-state index in [-0.39, 0.29) is 12.4 Å². The second-order valence-corrected chi connectivity index (χ2v) is 6.18. The molecule has 1 aromatic carbocycles. The van der Waals surface area contributed by atoms with Gasteiger partial charge in [0.2, 0.25) is 0 Å². The number of phenols is 1. The first-order valence-corrected chi connectivity index (χ1v) is 7.09. The van der Waals surface area contributed by atoms with E-state index in [0.29, 0.717) is 18.7 Å². The number of rotatable bonds is 3. The van der Waals surface area contributed by atoms with Crippen molar-refractivity contribution >= 4 is 11.6 Å². The lowest BCUT2D eigenvalue weighted by Crippen LogP contribution is -2.26. The van der Waals surface area contributed by atoms with E-state index >= 15 is 0 Å². The van der Waals surface area contributed by atoms with Crippen molar-refractivity contribution in [2.24, 2.45) is 5.41 Å². The number of aliphatic hydroxyl groups excluding tert-OH is 2. The minimum atomic E-state index is -0.743. The molecule has 0 bridgehead atoms. The van der Waals surface area contributed by atoms with Crippen LogP contribution in [0.15, 0.2) is 0 Å². The van der Waals surface area contributed by atoms with Gasteiger partial charge in [-0.2, -0.15) is 0 Å². The largest absolute Gasteiger partial charge is 0.507 e. The maximum absolute atomic E-state index is 10.5. The average molecular weight is 285 g/mol. The molecular formula is C15H21ClO3. The molecule has 0 saturated heterocycles. The number of phenolic OH excluding ortho intramolecular Hbond substituents is 1. The summed E-state index contributed by atoms with van der Waals surface area (Å²) < 4.78 is 0. The second-order valence-electron chi connectivity index (χ2n) is 5.80. The van der Waals surface area contributed by atoms with Gasteiger partial charge in [-0.05, 0) is 48.9 Å². The van der Waals surface area contributed by atoms with Crippen LogP contribution >= 0.6 is 11.6 Å².